The van der Waals surface area contributed by atoms with Gasteiger partial charge in [-0.1, -0.05) is 78.6 Å². The molecule has 0 radical (unpaired) electrons. The van der Waals surface area contributed by atoms with Crippen LogP contribution in [-0.4, -0.2) is 5.43 Å². The maximum absolute atomic E-state index is 6.40. The minimum absolute atomic E-state index is 0.611. The van der Waals surface area contributed by atoms with E-state index in [1.165, 1.54) is 76.4 Å². The maximum atomic E-state index is 6.40. The molecule has 0 aromatic heterocycles. The third-order valence-electron chi connectivity index (χ3n) is 8.68. The van der Waals surface area contributed by atoms with Crippen LogP contribution in [0, 0.1) is 41.5 Å². The number of halogens is 2. The van der Waals surface area contributed by atoms with E-state index in [0.717, 1.165) is 0 Å². The monoisotopic (exact) mass is 740 g/mol. The summed E-state index contributed by atoms with van der Waals surface area (Å²) in [4.78, 5) is 0. The van der Waals surface area contributed by atoms with Crippen molar-refractivity contribution in [3.05, 3.63) is 142 Å². The van der Waals surface area contributed by atoms with E-state index in [0.29, 0.717) is 11.8 Å². The third kappa shape index (κ3) is 9.02. The third-order valence-corrected chi connectivity index (χ3v) is 24.6. The number of rotatable bonds is 4. The summed E-state index contributed by atoms with van der Waals surface area (Å²) in [6.45, 7) is 21.9. The van der Waals surface area contributed by atoms with Crippen LogP contribution in [0.15, 0.2) is 97.1 Å². The summed E-state index contributed by atoms with van der Waals surface area (Å²) in [7, 11) is 12.8. The van der Waals surface area contributed by atoms with Gasteiger partial charge in [-0.2, -0.15) is 12.1 Å². The molecule has 0 bridgehead atoms. The second kappa shape index (κ2) is 16.3. The summed E-state index contributed by atoms with van der Waals surface area (Å²) in [6.07, 6.45) is 0. The van der Waals surface area contributed by atoms with Gasteiger partial charge in [0.15, 0.2) is 0 Å². The second-order valence-corrected chi connectivity index (χ2v) is 32.5. The molecular formula is C42H48Cl2SiZr-2. The van der Waals surface area contributed by atoms with Crippen LogP contribution >= 0.6 is 17.0 Å². The van der Waals surface area contributed by atoms with Crippen molar-refractivity contribution in [2.75, 3.05) is 0 Å². The van der Waals surface area contributed by atoms with Gasteiger partial charge in [-0.05, 0) is 11.8 Å². The van der Waals surface area contributed by atoms with E-state index in [4.69, 9.17) is 17.0 Å². The number of benzene rings is 4. The summed E-state index contributed by atoms with van der Waals surface area (Å²) < 4.78 is 0. The Morgan fingerprint density at radius 2 is 0.870 bits per heavy atom. The minimum atomic E-state index is -2.30. The molecule has 0 aliphatic carbocycles. The Bertz CT molecular complexity index is 1810. The van der Waals surface area contributed by atoms with Crippen molar-refractivity contribution >= 4 is 54.4 Å². The Morgan fingerprint density at radius 1 is 0.522 bits per heavy atom. The van der Waals surface area contributed by atoms with Gasteiger partial charge in [0, 0.05) is 0 Å². The van der Waals surface area contributed by atoms with E-state index in [-0.39, 0.29) is 0 Å². The molecular weight excluding hydrogens is 695 g/mol. The van der Waals surface area contributed by atoms with E-state index in [1.807, 2.05) is 0 Å². The van der Waals surface area contributed by atoms with Crippen LogP contribution in [0.2, 0.25) is 0 Å². The van der Waals surface area contributed by atoms with Crippen molar-refractivity contribution in [1.29, 1.82) is 0 Å². The first-order valence-corrected chi connectivity index (χ1v) is 27.8. The molecule has 0 amide bonds. The Kier molecular flexibility index (Phi) is 12.9. The zero-order valence-electron chi connectivity index (χ0n) is 29.1. The Hall–Kier alpha value is -2.22. The van der Waals surface area contributed by atoms with Gasteiger partial charge in [-0.3, -0.25) is 0 Å². The first-order valence-electron chi connectivity index (χ1n) is 16.3. The van der Waals surface area contributed by atoms with E-state index in [9.17, 15) is 0 Å². The van der Waals surface area contributed by atoms with Gasteiger partial charge >= 0.3 is 124 Å². The molecule has 4 heteroatoms. The molecule has 0 atom stereocenters. The Morgan fingerprint density at radius 3 is 1.17 bits per heavy atom. The van der Waals surface area contributed by atoms with Crippen LogP contribution in [-0.2, 0) is 18.0 Å². The number of fused-ring (bicyclic) bond motifs is 2. The molecule has 6 aromatic carbocycles. The molecule has 0 nitrogen and oxygen atoms in total. The van der Waals surface area contributed by atoms with Gasteiger partial charge in [-0.25, -0.2) is 0 Å². The molecule has 0 heterocycles. The van der Waals surface area contributed by atoms with Crippen molar-refractivity contribution < 1.29 is 18.0 Å². The van der Waals surface area contributed by atoms with Gasteiger partial charge in [0.1, 0.15) is 0 Å². The number of hydrogen-bond acceptors (Lipinski definition) is 0. The molecule has 0 aliphatic heterocycles. The predicted octanol–water partition coefficient (Wildman–Crippen LogP) is 11.9. The Balaban J connectivity index is 0.000000158. The topological polar surface area (TPSA) is 0 Å². The van der Waals surface area contributed by atoms with Crippen LogP contribution in [0.25, 0.3) is 21.5 Å². The number of aryl methyl sites for hydroxylation is 6. The molecule has 6 aromatic rings. The average Bonchev–Trinajstić information content (AvgIpc) is 3.59. The van der Waals surface area contributed by atoms with Gasteiger partial charge in [0.25, 0.3) is 0 Å². The van der Waals surface area contributed by atoms with E-state index in [1.54, 1.807) is 0 Å². The molecule has 0 unspecified atom stereocenters. The summed E-state index contributed by atoms with van der Waals surface area (Å²) in [5.41, 5.74) is 10.1. The molecule has 0 spiro atoms. The fraction of sp³-hybridized carbons (Fsp3) is 0.286. The first kappa shape index (κ1) is 36.6. The molecule has 0 saturated carbocycles. The first-order chi connectivity index (χ1) is 21.8. The van der Waals surface area contributed by atoms with E-state index >= 15 is 0 Å². The Labute approximate surface area is 292 Å². The van der Waals surface area contributed by atoms with Gasteiger partial charge in [0.2, 0.25) is 0 Å². The SMILES string of the molecule is Cc1cc2c(C(C)C)ccc(C)c2[cH-]1.Cc1cc2c(C(C)C)ccc(C)c2[cH-]1.Cc1ccc([Si](c2ccc(C)cc2)=[Zr]([Cl])[Cl])cc1. The second-order valence-electron chi connectivity index (χ2n) is 13.3. The normalized spacial score (nSPS) is 11.0. The van der Waals surface area contributed by atoms with Crippen molar-refractivity contribution in [1.82, 2.24) is 0 Å². The van der Waals surface area contributed by atoms with Crippen molar-refractivity contribution in [3.8, 4) is 0 Å². The predicted molar refractivity (Wildman–Crippen MR) is 205 cm³/mol. The van der Waals surface area contributed by atoms with Crippen LogP contribution < -0.4 is 10.4 Å². The van der Waals surface area contributed by atoms with Crippen molar-refractivity contribution in [3.63, 3.8) is 0 Å². The fourth-order valence-electron chi connectivity index (χ4n) is 6.06. The molecule has 46 heavy (non-hydrogen) atoms. The number of hydrogen-bond donors (Lipinski definition) is 0. The zero-order chi connectivity index (χ0) is 33.7. The molecule has 0 saturated heterocycles. The zero-order valence-corrected chi connectivity index (χ0v) is 34.1. The average molecular weight is 743 g/mol. The fourth-order valence-corrected chi connectivity index (χ4v) is 21.2. The summed E-state index contributed by atoms with van der Waals surface area (Å²) in [5, 5.41) is 8.42. The standard InChI is InChI=1S/C14H14Si.2C14H17.2ClH.Zr/c1-11-3-7-13(8-4-11)15-14-9-5-12(2)6-10-14;2*1-9(2)12-6-5-11(4)13-7-10(3)8-14(12)13;;;/h3-10H,1-2H3;2*5-9H,1-4H3;2*1H;/q;2*-1;;;+2/p-2. The quantitative estimate of drug-likeness (QED) is 0.125. The van der Waals surface area contributed by atoms with Crippen LogP contribution in [0.5, 0.6) is 0 Å². The summed E-state index contributed by atoms with van der Waals surface area (Å²) >= 11 is -2.30. The van der Waals surface area contributed by atoms with Crippen LogP contribution in [0.3, 0.4) is 0 Å². The van der Waals surface area contributed by atoms with Gasteiger partial charge < -0.3 is 0 Å². The van der Waals surface area contributed by atoms with Crippen molar-refractivity contribution in [2.45, 2.75) is 81.1 Å². The summed E-state index contributed by atoms with van der Waals surface area (Å²) in [5.74, 6) is 1.22. The van der Waals surface area contributed by atoms with Crippen LogP contribution in [0.1, 0.15) is 84.0 Å². The molecule has 0 aliphatic rings. The molecule has 0 fully saturated rings. The molecule has 0 N–H and O–H groups in total. The molecule has 6 rings (SSSR count). The van der Waals surface area contributed by atoms with E-state index < -0.39 is 23.4 Å². The van der Waals surface area contributed by atoms with Gasteiger partial charge in [-0.15, -0.1) is 68.1 Å². The van der Waals surface area contributed by atoms with Gasteiger partial charge in [0.05, 0.1) is 0 Å². The summed E-state index contributed by atoms with van der Waals surface area (Å²) in [6, 6.07) is 35.5. The van der Waals surface area contributed by atoms with Crippen molar-refractivity contribution in [2.24, 2.45) is 0 Å². The molecule has 240 valence electrons. The van der Waals surface area contributed by atoms with E-state index in [2.05, 4.69) is 166 Å². The van der Waals surface area contributed by atoms with Crippen LogP contribution in [0.4, 0.5) is 0 Å².